The summed E-state index contributed by atoms with van der Waals surface area (Å²) in [6.45, 7) is 5.95. The molecule has 60 heavy (non-hydrogen) atoms. The molecule has 2 fully saturated rings. The fourth-order valence-corrected chi connectivity index (χ4v) is 8.86. The molecular formula is C39H47BrN10O9S. The van der Waals surface area contributed by atoms with Gasteiger partial charge in [-0.25, -0.2) is 17.7 Å². The van der Waals surface area contributed by atoms with E-state index >= 15 is 0 Å². The van der Waals surface area contributed by atoms with Crippen molar-refractivity contribution in [1.82, 2.24) is 29.8 Å². The van der Waals surface area contributed by atoms with Crippen molar-refractivity contribution >= 4 is 84.5 Å². The predicted octanol–water partition coefficient (Wildman–Crippen LogP) is 2.27. The van der Waals surface area contributed by atoms with Gasteiger partial charge in [-0.3, -0.25) is 39.0 Å². The molecule has 3 aliphatic heterocycles. The van der Waals surface area contributed by atoms with E-state index in [1.54, 1.807) is 57.3 Å². The minimum Gasteiger partial charge on any atom is -0.382 e. The summed E-state index contributed by atoms with van der Waals surface area (Å²) in [5.41, 5.74) is 6.83. The summed E-state index contributed by atoms with van der Waals surface area (Å²) in [6, 6.07) is 8.89. The highest BCUT2D eigenvalue weighted by Crippen LogP contribution is 2.33. The van der Waals surface area contributed by atoms with Gasteiger partial charge >= 0.3 is 0 Å². The van der Waals surface area contributed by atoms with Gasteiger partial charge in [0.05, 0.1) is 51.2 Å². The number of nitrogens with zero attached hydrogens (tertiary/aromatic N) is 4. The van der Waals surface area contributed by atoms with Crippen LogP contribution in [0, 0.1) is 12.3 Å². The van der Waals surface area contributed by atoms with Gasteiger partial charge in [0, 0.05) is 50.5 Å². The molecule has 19 nitrogen and oxygen atoms in total. The number of sulfonamides is 1. The molecule has 0 saturated carbocycles. The van der Waals surface area contributed by atoms with Crippen molar-refractivity contribution in [3.05, 3.63) is 69.3 Å². The van der Waals surface area contributed by atoms with Crippen LogP contribution in [0.15, 0.2) is 47.1 Å². The number of carbonyl (C=O) groups excluding carboxylic acids is 6. The first-order valence-electron chi connectivity index (χ1n) is 19.3. The molecule has 0 radical (unpaired) electrons. The number of hydrogen-bond donors (Lipinski definition) is 6. The lowest BCUT2D eigenvalue weighted by molar-refractivity contribution is -0.136. The van der Waals surface area contributed by atoms with E-state index in [1.807, 2.05) is 0 Å². The van der Waals surface area contributed by atoms with Crippen molar-refractivity contribution in [3.8, 4) is 0 Å². The zero-order valence-electron chi connectivity index (χ0n) is 33.3. The number of carbonyl (C=O) groups is 6. The van der Waals surface area contributed by atoms with Crippen LogP contribution in [0.4, 0.5) is 23.1 Å². The van der Waals surface area contributed by atoms with Crippen molar-refractivity contribution < 1.29 is 41.9 Å². The van der Waals surface area contributed by atoms with Crippen LogP contribution < -0.4 is 32.3 Å². The number of halogens is 1. The Morgan fingerprint density at radius 3 is 2.45 bits per heavy atom. The molecule has 0 aliphatic carbocycles. The van der Waals surface area contributed by atoms with Crippen LogP contribution >= 0.6 is 15.9 Å². The number of ether oxygens (including phenoxy) is 1. The summed E-state index contributed by atoms with van der Waals surface area (Å²) in [5.74, 6) is -2.88. The lowest BCUT2D eigenvalue weighted by Gasteiger charge is -2.32. The first kappa shape index (κ1) is 44.1. The second-order valence-electron chi connectivity index (χ2n) is 15.3. The van der Waals surface area contributed by atoms with E-state index in [-0.39, 0.29) is 81.1 Å². The number of aromatic nitrogens is 2. The van der Waals surface area contributed by atoms with Gasteiger partial charge in [0.25, 0.3) is 17.7 Å². The Kier molecular flexibility index (Phi) is 13.5. The third-order valence-corrected chi connectivity index (χ3v) is 12.9. The highest BCUT2D eigenvalue weighted by molar-refractivity contribution is 9.10. The van der Waals surface area contributed by atoms with E-state index in [2.05, 4.69) is 52.5 Å². The Morgan fingerprint density at radius 2 is 1.73 bits per heavy atom. The fraction of sp³-hybridized carbons (Fsp3) is 0.436. The van der Waals surface area contributed by atoms with Gasteiger partial charge in [-0.1, -0.05) is 18.2 Å². The van der Waals surface area contributed by atoms with Gasteiger partial charge in [0.2, 0.25) is 33.7 Å². The molecule has 3 aromatic rings. The Morgan fingerprint density at radius 1 is 1.02 bits per heavy atom. The molecule has 1 atom stereocenters. The summed E-state index contributed by atoms with van der Waals surface area (Å²) < 4.78 is 34.2. The molecule has 21 heteroatoms. The summed E-state index contributed by atoms with van der Waals surface area (Å²) in [6.07, 6.45) is 2.64. The van der Waals surface area contributed by atoms with Crippen LogP contribution in [-0.2, 0) is 29.1 Å². The maximum Gasteiger partial charge on any atom is 0.264 e. The number of anilines is 4. The molecule has 1 aromatic heterocycles. The normalized spacial score (nSPS) is 17.6. The Bertz CT molecular complexity index is 2320. The molecule has 3 aliphatic rings. The Balaban J connectivity index is 0.913. The molecule has 7 N–H and O–H groups in total. The summed E-state index contributed by atoms with van der Waals surface area (Å²) in [4.78, 5) is 85.3. The molecule has 0 spiro atoms. The second-order valence-corrected chi connectivity index (χ2v) is 18.2. The molecule has 2 aromatic carbocycles. The van der Waals surface area contributed by atoms with Crippen LogP contribution in [0.25, 0.3) is 0 Å². The van der Waals surface area contributed by atoms with Crippen molar-refractivity contribution in [2.45, 2.75) is 58.5 Å². The molecule has 4 heterocycles. The zero-order valence-corrected chi connectivity index (χ0v) is 35.7. The highest BCUT2D eigenvalue weighted by Gasteiger charge is 2.45. The number of nitrogens with one attached hydrogen (secondary N) is 5. The number of fused-ring (bicyclic) bond motifs is 1. The minimum absolute atomic E-state index is 0.0152. The molecule has 6 rings (SSSR count). The van der Waals surface area contributed by atoms with E-state index in [9.17, 15) is 37.2 Å². The average Bonchev–Trinajstić information content (AvgIpc) is 3.45. The standard InChI is InChI=1S/C39H47BrN10O9S/c1-22-6-4-9-27(30(22)32(41)52)46-33-25(40)20-44-38(48-33)45-23-12-16-49(17-13-23)60(57,58)19-15-43-37(56)39(2,3)21-59-18-14-42-26-8-5-7-24-31(26)36(55)50(35(24)54)28-10-11-29(51)47-34(28)53/h4-9,20,23,28,42H,10-19,21H2,1-3H3,(H2,41,52)(H,43,56)(H,47,51,53)(H2,44,45,46,48). The van der Waals surface area contributed by atoms with E-state index in [0.29, 0.717) is 46.0 Å². The summed E-state index contributed by atoms with van der Waals surface area (Å²) in [7, 11) is -3.68. The monoisotopic (exact) mass is 910 g/mol. The van der Waals surface area contributed by atoms with E-state index in [1.165, 1.54) is 10.4 Å². The predicted molar refractivity (Wildman–Crippen MR) is 224 cm³/mol. The van der Waals surface area contributed by atoms with Crippen LogP contribution in [0.5, 0.6) is 0 Å². The van der Waals surface area contributed by atoms with Crippen molar-refractivity contribution in [3.63, 3.8) is 0 Å². The van der Waals surface area contributed by atoms with Crippen molar-refractivity contribution in [2.24, 2.45) is 11.1 Å². The first-order chi connectivity index (χ1) is 28.5. The molecule has 1 unspecified atom stereocenters. The van der Waals surface area contributed by atoms with Gasteiger partial charge in [-0.2, -0.15) is 4.98 Å². The lowest BCUT2D eigenvalue weighted by atomic mass is 9.93. The number of benzene rings is 2. The molecule has 6 amide bonds. The minimum atomic E-state index is -3.68. The number of hydrogen-bond acceptors (Lipinski definition) is 14. The number of piperidine rings is 2. The topological polar surface area (TPSA) is 264 Å². The Hall–Kier alpha value is -5.51. The van der Waals surface area contributed by atoms with E-state index in [4.69, 9.17) is 10.5 Å². The SMILES string of the molecule is Cc1cccc(Nc2nc(NC3CCN(S(=O)(=O)CCNC(=O)C(C)(C)COCCNc4cccc5c4C(=O)N(C4CCC(=O)NC4=O)C5=O)CC3)ncc2Br)c1C(N)=O. The number of imide groups is 2. The smallest absolute Gasteiger partial charge is 0.264 e. The van der Waals surface area contributed by atoms with Crippen LogP contribution in [0.1, 0.15) is 76.2 Å². The largest absolute Gasteiger partial charge is 0.382 e. The van der Waals surface area contributed by atoms with E-state index < -0.39 is 51.0 Å². The van der Waals surface area contributed by atoms with Gasteiger partial charge in [0.1, 0.15) is 11.9 Å². The van der Waals surface area contributed by atoms with Gasteiger partial charge in [-0.05, 0) is 79.7 Å². The lowest BCUT2D eigenvalue weighted by Crippen LogP contribution is -2.54. The quantitative estimate of drug-likeness (QED) is 0.0839. The van der Waals surface area contributed by atoms with Crippen LogP contribution in [-0.4, -0.2) is 120 Å². The third kappa shape index (κ3) is 9.91. The molecule has 320 valence electrons. The molecule has 0 bridgehead atoms. The van der Waals surface area contributed by atoms with E-state index in [0.717, 1.165) is 10.5 Å². The van der Waals surface area contributed by atoms with Crippen molar-refractivity contribution in [1.29, 1.82) is 0 Å². The Labute approximate surface area is 355 Å². The number of amides is 6. The highest BCUT2D eigenvalue weighted by atomic mass is 79.9. The second kappa shape index (κ2) is 18.4. The summed E-state index contributed by atoms with van der Waals surface area (Å²) in [5, 5.41) is 14.4. The number of primary amides is 1. The van der Waals surface area contributed by atoms with Crippen LogP contribution in [0.3, 0.4) is 0 Å². The maximum absolute atomic E-state index is 13.3. The average molecular weight is 912 g/mol. The fourth-order valence-electron chi connectivity index (χ4n) is 7.19. The number of aryl methyl sites for hydroxylation is 1. The molecular weight excluding hydrogens is 864 g/mol. The van der Waals surface area contributed by atoms with Gasteiger partial charge < -0.3 is 31.7 Å². The first-order valence-corrected chi connectivity index (χ1v) is 21.7. The third-order valence-electron chi connectivity index (χ3n) is 10.5. The zero-order chi connectivity index (χ0) is 43.4. The maximum atomic E-state index is 13.3. The van der Waals surface area contributed by atoms with Gasteiger partial charge in [-0.15, -0.1) is 0 Å². The summed E-state index contributed by atoms with van der Waals surface area (Å²) >= 11 is 3.44. The number of rotatable bonds is 17. The van der Waals surface area contributed by atoms with Crippen molar-refractivity contribution in [2.75, 3.05) is 61.1 Å². The number of nitrogens with two attached hydrogens (primary N) is 1. The molecule has 2 saturated heterocycles. The van der Waals surface area contributed by atoms with Gasteiger partial charge in [0.15, 0.2) is 0 Å². The van der Waals surface area contributed by atoms with Crippen LogP contribution in [0.2, 0.25) is 0 Å².